The first-order chi connectivity index (χ1) is 9.16. The lowest BCUT2D eigenvalue weighted by molar-refractivity contribution is -0.131. The molecule has 1 aromatic rings. The first-order valence-corrected chi connectivity index (χ1v) is 6.78. The lowest BCUT2D eigenvalue weighted by Gasteiger charge is -2.27. The number of halogens is 1. The highest BCUT2D eigenvalue weighted by Crippen LogP contribution is 2.12. The van der Waals surface area contributed by atoms with E-state index in [0.29, 0.717) is 0 Å². The van der Waals surface area contributed by atoms with E-state index in [9.17, 15) is 9.18 Å². The third kappa shape index (κ3) is 3.99. The van der Waals surface area contributed by atoms with Gasteiger partial charge in [0.15, 0.2) is 0 Å². The van der Waals surface area contributed by atoms with Gasteiger partial charge in [-0.15, -0.1) is 0 Å². The normalized spacial score (nSPS) is 17.3. The number of carbonyl (C=O) groups is 1. The minimum Gasteiger partial charge on any atom is -0.342 e. The maximum atomic E-state index is 13.1. The summed E-state index contributed by atoms with van der Waals surface area (Å²) < 4.78 is 13.1. The molecule has 2 rings (SSSR count). The van der Waals surface area contributed by atoms with Crippen LogP contribution in [0.3, 0.4) is 0 Å². The predicted molar refractivity (Wildman–Crippen MR) is 71.0 cm³/mol. The Bertz CT molecular complexity index is 432. The first-order valence-electron chi connectivity index (χ1n) is 6.78. The van der Waals surface area contributed by atoms with E-state index in [1.165, 1.54) is 18.7 Å². The van der Waals surface area contributed by atoms with Crippen LogP contribution in [-0.2, 0) is 4.79 Å². The van der Waals surface area contributed by atoms with Crippen LogP contribution in [0.5, 0.6) is 0 Å². The van der Waals surface area contributed by atoms with E-state index >= 15 is 0 Å². The Hall–Kier alpha value is -1.49. The van der Waals surface area contributed by atoms with Crippen LogP contribution < -0.4 is 5.32 Å². The molecule has 0 aromatic carbocycles. The van der Waals surface area contributed by atoms with Gasteiger partial charge in [-0.25, -0.2) is 4.39 Å². The van der Waals surface area contributed by atoms with Gasteiger partial charge in [-0.2, -0.15) is 0 Å². The van der Waals surface area contributed by atoms with E-state index in [1.807, 2.05) is 11.8 Å². The second-order valence-electron chi connectivity index (χ2n) is 4.98. The van der Waals surface area contributed by atoms with Gasteiger partial charge in [-0.1, -0.05) is 0 Å². The zero-order valence-electron chi connectivity index (χ0n) is 11.2. The third-order valence-corrected chi connectivity index (χ3v) is 3.49. The Kier molecular flexibility index (Phi) is 4.85. The van der Waals surface area contributed by atoms with Gasteiger partial charge in [0.1, 0.15) is 5.82 Å². The van der Waals surface area contributed by atoms with Crippen molar-refractivity contribution >= 4 is 5.91 Å². The van der Waals surface area contributed by atoms with Crippen LogP contribution >= 0.6 is 0 Å². The van der Waals surface area contributed by atoms with Crippen LogP contribution in [0.25, 0.3) is 0 Å². The molecule has 0 aliphatic carbocycles. The van der Waals surface area contributed by atoms with Crippen molar-refractivity contribution in [1.29, 1.82) is 0 Å². The third-order valence-electron chi connectivity index (χ3n) is 3.49. The summed E-state index contributed by atoms with van der Waals surface area (Å²) in [5.41, 5.74) is 0.756. The molecule has 4 nitrogen and oxygen atoms in total. The van der Waals surface area contributed by atoms with Crippen molar-refractivity contribution in [3.63, 3.8) is 0 Å². The molecule has 1 unspecified atom stereocenters. The predicted octanol–water partition coefficient (Wildman–Crippen LogP) is 1.88. The molecule has 1 aromatic heterocycles. The van der Waals surface area contributed by atoms with E-state index in [4.69, 9.17) is 0 Å². The summed E-state index contributed by atoms with van der Waals surface area (Å²) in [5, 5.41) is 3.13. The highest BCUT2D eigenvalue weighted by molar-refractivity contribution is 5.78. The molecule has 1 aliphatic rings. The summed E-state index contributed by atoms with van der Waals surface area (Å²) in [6, 6.07) is 1.35. The minimum atomic E-state index is -0.353. The van der Waals surface area contributed by atoms with E-state index in [-0.39, 0.29) is 24.3 Å². The van der Waals surface area contributed by atoms with Crippen molar-refractivity contribution in [3.05, 3.63) is 29.8 Å². The summed E-state index contributed by atoms with van der Waals surface area (Å²) in [6.45, 7) is 3.91. The maximum absolute atomic E-state index is 13.1. The van der Waals surface area contributed by atoms with Gasteiger partial charge >= 0.3 is 0 Å². The average molecular weight is 265 g/mol. The molecule has 5 heteroatoms. The number of carbonyl (C=O) groups excluding carboxylic acids is 1. The minimum absolute atomic E-state index is 0.0862. The lowest BCUT2D eigenvalue weighted by Crippen LogP contribution is -2.41. The van der Waals surface area contributed by atoms with Gasteiger partial charge in [0.25, 0.3) is 0 Å². The van der Waals surface area contributed by atoms with E-state index in [1.54, 1.807) is 6.20 Å². The smallest absolute Gasteiger partial charge is 0.236 e. The number of pyridine rings is 1. The number of likely N-dealkylation sites (tertiary alicyclic amines) is 1. The SMILES string of the molecule is CC(NCC(=O)N1CCCCC1)c1cncc(F)c1. The number of nitrogens with zero attached hydrogens (tertiary/aromatic N) is 2. The molecule has 1 fully saturated rings. The Morgan fingerprint density at radius 3 is 2.84 bits per heavy atom. The van der Waals surface area contributed by atoms with Crippen molar-refractivity contribution in [2.75, 3.05) is 19.6 Å². The zero-order valence-corrected chi connectivity index (χ0v) is 11.2. The average Bonchev–Trinajstić information content (AvgIpc) is 2.45. The van der Waals surface area contributed by atoms with Crippen LogP contribution in [-0.4, -0.2) is 35.4 Å². The summed E-state index contributed by atoms with van der Waals surface area (Å²) in [6.07, 6.45) is 6.19. The number of amides is 1. The maximum Gasteiger partial charge on any atom is 0.236 e. The molecule has 2 heterocycles. The Morgan fingerprint density at radius 1 is 1.42 bits per heavy atom. The van der Waals surface area contributed by atoms with Gasteiger partial charge in [-0.05, 0) is 37.8 Å². The second kappa shape index (κ2) is 6.61. The molecule has 0 saturated carbocycles. The summed E-state index contributed by atoms with van der Waals surface area (Å²) in [5.74, 6) is -0.232. The number of piperidine rings is 1. The molecule has 0 spiro atoms. The van der Waals surface area contributed by atoms with E-state index < -0.39 is 0 Å². The quantitative estimate of drug-likeness (QED) is 0.904. The van der Waals surface area contributed by atoms with Crippen LogP contribution in [0.4, 0.5) is 4.39 Å². The van der Waals surface area contributed by atoms with Crippen LogP contribution in [0.2, 0.25) is 0 Å². The largest absolute Gasteiger partial charge is 0.342 e. The van der Waals surface area contributed by atoms with Gasteiger partial charge in [0, 0.05) is 25.3 Å². The monoisotopic (exact) mass is 265 g/mol. The van der Waals surface area contributed by atoms with Crippen molar-refractivity contribution in [2.24, 2.45) is 0 Å². The number of hydrogen-bond acceptors (Lipinski definition) is 3. The lowest BCUT2D eigenvalue weighted by atomic mass is 10.1. The number of nitrogens with one attached hydrogen (secondary N) is 1. The fourth-order valence-electron chi connectivity index (χ4n) is 2.28. The highest BCUT2D eigenvalue weighted by Gasteiger charge is 2.17. The Balaban J connectivity index is 1.82. The van der Waals surface area contributed by atoms with Crippen LogP contribution in [0.1, 0.15) is 37.8 Å². The molecule has 1 amide bonds. The van der Waals surface area contributed by atoms with Crippen molar-refractivity contribution in [1.82, 2.24) is 15.2 Å². The van der Waals surface area contributed by atoms with Crippen molar-refractivity contribution < 1.29 is 9.18 Å². The highest BCUT2D eigenvalue weighted by atomic mass is 19.1. The van der Waals surface area contributed by atoms with Gasteiger partial charge in [0.05, 0.1) is 12.7 Å². The molecular weight excluding hydrogens is 245 g/mol. The standard InChI is InChI=1S/C14H20FN3O/c1-11(12-7-13(15)9-16-8-12)17-10-14(19)18-5-3-2-4-6-18/h7-9,11,17H,2-6,10H2,1H3. The summed E-state index contributed by atoms with van der Waals surface area (Å²) in [7, 11) is 0. The Labute approximate surface area is 113 Å². The zero-order chi connectivity index (χ0) is 13.7. The topological polar surface area (TPSA) is 45.2 Å². The Morgan fingerprint density at radius 2 is 2.16 bits per heavy atom. The molecule has 1 aliphatic heterocycles. The molecule has 0 bridgehead atoms. The van der Waals surface area contributed by atoms with Crippen LogP contribution in [0, 0.1) is 5.82 Å². The van der Waals surface area contributed by atoms with Crippen molar-refractivity contribution in [2.45, 2.75) is 32.2 Å². The second-order valence-corrected chi connectivity index (χ2v) is 4.98. The summed E-state index contributed by atoms with van der Waals surface area (Å²) >= 11 is 0. The van der Waals surface area contributed by atoms with Crippen LogP contribution in [0.15, 0.2) is 18.5 Å². The molecule has 19 heavy (non-hydrogen) atoms. The first kappa shape index (κ1) is 13.9. The molecule has 1 N–H and O–H groups in total. The fourth-order valence-corrected chi connectivity index (χ4v) is 2.28. The fraction of sp³-hybridized carbons (Fsp3) is 0.571. The molecule has 0 radical (unpaired) electrons. The summed E-state index contributed by atoms with van der Waals surface area (Å²) in [4.78, 5) is 17.7. The molecular formula is C14H20FN3O. The molecule has 1 atom stereocenters. The molecule has 1 saturated heterocycles. The van der Waals surface area contributed by atoms with E-state index in [2.05, 4.69) is 10.3 Å². The molecule has 104 valence electrons. The van der Waals surface area contributed by atoms with Crippen molar-refractivity contribution in [3.8, 4) is 0 Å². The number of hydrogen-bond donors (Lipinski definition) is 1. The van der Waals surface area contributed by atoms with Gasteiger partial charge < -0.3 is 10.2 Å². The number of aromatic nitrogens is 1. The van der Waals surface area contributed by atoms with Gasteiger partial charge in [-0.3, -0.25) is 9.78 Å². The number of rotatable bonds is 4. The van der Waals surface area contributed by atoms with E-state index in [0.717, 1.165) is 31.5 Å². The van der Waals surface area contributed by atoms with Gasteiger partial charge in [0.2, 0.25) is 5.91 Å².